The third-order valence-corrected chi connectivity index (χ3v) is 5.46. The molecule has 0 radical (unpaired) electrons. The Bertz CT molecular complexity index is 1090. The molecular formula is C21H23N5O2S. The fourth-order valence-electron chi connectivity index (χ4n) is 3.09. The third-order valence-electron chi connectivity index (χ3n) is 4.53. The average Bonchev–Trinajstić information content (AvgIpc) is 3.02. The Morgan fingerprint density at radius 2 is 1.83 bits per heavy atom. The normalized spacial score (nSPS) is 10.8. The number of aryl methyl sites for hydroxylation is 4. The van der Waals surface area contributed by atoms with Crippen LogP contribution in [0, 0.1) is 27.7 Å². The van der Waals surface area contributed by atoms with E-state index in [1.165, 1.54) is 11.8 Å². The van der Waals surface area contributed by atoms with Crippen molar-refractivity contribution in [1.29, 1.82) is 0 Å². The fourth-order valence-corrected chi connectivity index (χ4v) is 3.88. The van der Waals surface area contributed by atoms with Crippen LogP contribution in [0.5, 0.6) is 0 Å². The quantitative estimate of drug-likeness (QED) is 0.608. The van der Waals surface area contributed by atoms with Gasteiger partial charge >= 0.3 is 0 Å². The molecule has 1 aromatic heterocycles. The van der Waals surface area contributed by atoms with Gasteiger partial charge in [0.05, 0.1) is 22.7 Å². The van der Waals surface area contributed by atoms with Gasteiger partial charge in [-0.05, 0) is 56.5 Å². The molecule has 3 N–H and O–H groups in total. The summed E-state index contributed by atoms with van der Waals surface area (Å²) in [4.78, 5) is 24.2. The van der Waals surface area contributed by atoms with Crippen LogP contribution >= 0.6 is 11.8 Å². The fraction of sp³-hybridized carbons (Fsp3) is 0.238. The van der Waals surface area contributed by atoms with Crippen molar-refractivity contribution in [3.8, 4) is 5.69 Å². The topological polar surface area (TPSA) is 103 Å². The molecule has 0 aliphatic rings. The number of nitrogens with zero attached hydrogens (tertiary/aromatic N) is 3. The first kappa shape index (κ1) is 20.6. The van der Waals surface area contributed by atoms with E-state index < -0.39 is 5.91 Å². The van der Waals surface area contributed by atoms with Gasteiger partial charge in [-0.2, -0.15) is 0 Å². The molecular weight excluding hydrogens is 386 g/mol. The summed E-state index contributed by atoms with van der Waals surface area (Å²) in [6.45, 7) is 7.71. The Kier molecular flexibility index (Phi) is 6.03. The second-order valence-corrected chi connectivity index (χ2v) is 7.80. The van der Waals surface area contributed by atoms with E-state index in [0.717, 1.165) is 22.6 Å². The molecule has 1 heterocycles. The Balaban J connectivity index is 1.78. The highest BCUT2D eigenvalue weighted by atomic mass is 32.2. The molecule has 0 saturated heterocycles. The van der Waals surface area contributed by atoms with Crippen LogP contribution < -0.4 is 11.1 Å². The van der Waals surface area contributed by atoms with Gasteiger partial charge in [0.2, 0.25) is 5.91 Å². The lowest BCUT2D eigenvalue weighted by Gasteiger charge is -2.13. The third kappa shape index (κ3) is 4.48. The summed E-state index contributed by atoms with van der Waals surface area (Å²) in [6.07, 6.45) is 0. The van der Waals surface area contributed by atoms with Crippen LogP contribution in [0.15, 0.2) is 41.6 Å². The molecule has 2 aromatic carbocycles. The molecule has 0 aliphatic heterocycles. The van der Waals surface area contributed by atoms with Crippen molar-refractivity contribution < 1.29 is 9.59 Å². The molecule has 0 fully saturated rings. The van der Waals surface area contributed by atoms with Gasteiger partial charge in [-0.15, -0.1) is 10.2 Å². The Morgan fingerprint density at radius 1 is 1.07 bits per heavy atom. The van der Waals surface area contributed by atoms with E-state index in [1.807, 2.05) is 31.4 Å². The number of thioether (sulfide) groups is 1. The smallest absolute Gasteiger partial charge is 0.251 e. The molecule has 150 valence electrons. The van der Waals surface area contributed by atoms with Crippen LogP contribution in [0.25, 0.3) is 5.69 Å². The SMILES string of the molecule is Cc1ccc(C)c(-n2c(C)nnc2SCC(=O)Nc2cccc(C)c2C(N)=O)c1. The zero-order valence-corrected chi connectivity index (χ0v) is 17.6. The average molecular weight is 410 g/mol. The summed E-state index contributed by atoms with van der Waals surface area (Å²) < 4.78 is 1.95. The molecule has 0 saturated carbocycles. The lowest BCUT2D eigenvalue weighted by molar-refractivity contribution is -0.113. The molecule has 0 bridgehead atoms. The number of aromatic nitrogens is 3. The van der Waals surface area contributed by atoms with E-state index in [1.54, 1.807) is 25.1 Å². The molecule has 0 aliphatic carbocycles. The largest absolute Gasteiger partial charge is 0.366 e. The maximum Gasteiger partial charge on any atom is 0.251 e. The van der Waals surface area contributed by atoms with E-state index in [0.29, 0.717) is 22.0 Å². The molecule has 3 rings (SSSR count). The first-order valence-corrected chi connectivity index (χ1v) is 10.1. The summed E-state index contributed by atoms with van der Waals surface area (Å²) in [5.74, 6) is 0.0405. The number of nitrogens with one attached hydrogen (secondary N) is 1. The summed E-state index contributed by atoms with van der Waals surface area (Å²) in [5.41, 5.74) is 10.1. The second-order valence-electron chi connectivity index (χ2n) is 6.85. The lowest BCUT2D eigenvalue weighted by Crippen LogP contribution is -2.20. The number of primary amides is 1. The van der Waals surface area contributed by atoms with Crippen molar-refractivity contribution in [2.45, 2.75) is 32.9 Å². The van der Waals surface area contributed by atoms with Gasteiger partial charge in [-0.25, -0.2) is 0 Å². The number of nitrogens with two attached hydrogens (primary N) is 1. The molecule has 0 atom stereocenters. The zero-order chi connectivity index (χ0) is 21.1. The molecule has 29 heavy (non-hydrogen) atoms. The van der Waals surface area contributed by atoms with Crippen molar-refractivity contribution in [3.63, 3.8) is 0 Å². The van der Waals surface area contributed by atoms with E-state index in [2.05, 4.69) is 27.6 Å². The van der Waals surface area contributed by atoms with Crippen molar-refractivity contribution >= 4 is 29.3 Å². The van der Waals surface area contributed by atoms with Crippen molar-refractivity contribution in [1.82, 2.24) is 14.8 Å². The van der Waals surface area contributed by atoms with Gasteiger partial charge in [-0.1, -0.05) is 36.0 Å². The van der Waals surface area contributed by atoms with Crippen LogP contribution in [-0.4, -0.2) is 32.3 Å². The first-order chi connectivity index (χ1) is 13.8. The van der Waals surface area contributed by atoms with E-state index in [-0.39, 0.29) is 11.7 Å². The number of hydrogen-bond donors (Lipinski definition) is 2. The van der Waals surface area contributed by atoms with Gasteiger partial charge in [0, 0.05) is 0 Å². The van der Waals surface area contributed by atoms with Gasteiger partial charge in [0.1, 0.15) is 5.82 Å². The highest BCUT2D eigenvalue weighted by molar-refractivity contribution is 7.99. The highest BCUT2D eigenvalue weighted by Gasteiger charge is 2.17. The molecule has 7 nitrogen and oxygen atoms in total. The maximum absolute atomic E-state index is 12.5. The zero-order valence-electron chi connectivity index (χ0n) is 16.8. The van der Waals surface area contributed by atoms with Crippen LogP contribution in [0.2, 0.25) is 0 Å². The van der Waals surface area contributed by atoms with Gasteiger partial charge < -0.3 is 11.1 Å². The number of carbonyl (C=O) groups excluding carboxylic acids is 2. The van der Waals surface area contributed by atoms with Gasteiger partial charge in [0.15, 0.2) is 5.16 Å². The number of hydrogen-bond acceptors (Lipinski definition) is 5. The predicted octanol–water partition coefficient (Wildman–Crippen LogP) is 3.33. The first-order valence-electron chi connectivity index (χ1n) is 9.09. The van der Waals surface area contributed by atoms with Crippen LogP contribution in [0.3, 0.4) is 0 Å². The molecule has 3 aromatic rings. The van der Waals surface area contributed by atoms with E-state index in [9.17, 15) is 9.59 Å². The molecule has 0 unspecified atom stereocenters. The minimum Gasteiger partial charge on any atom is -0.366 e. The minimum absolute atomic E-state index is 0.120. The summed E-state index contributed by atoms with van der Waals surface area (Å²) >= 11 is 1.28. The van der Waals surface area contributed by atoms with Crippen LogP contribution in [-0.2, 0) is 4.79 Å². The summed E-state index contributed by atoms with van der Waals surface area (Å²) in [6, 6.07) is 11.4. The second kappa shape index (κ2) is 8.48. The number of benzene rings is 2. The van der Waals surface area contributed by atoms with Gasteiger partial charge in [-0.3, -0.25) is 14.2 Å². The summed E-state index contributed by atoms with van der Waals surface area (Å²) in [5, 5.41) is 11.8. The number of rotatable bonds is 6. The monoisotopic (exact) mass is 409 g/mol. The lowest BCUT2D eigenvalue weighted by atomic mass is 10.1. The summed E-state index contributed by atoms with van der Waals surface area (Å²) in [7, 11) is 0. The Hall–Kier alpha value is -3.13. The number of amides is 2. The van der Waals surface area contributed by atoms with Crippen LogP contribution in [0.4, 0.5) is 5.69 Å². The van der Waals surface area contributed by atoms with Crippen molar-refractivity contribution in [2.75, 3.05) is 11.1 Å². The van der Waals surface area contributed by atoms with E-state index >= 15 is 0 Å². The molecule has 0 spiro atoms. The molecule has 8 heteroatoms. The maximum atomic E-state index is 12.5. The Morgan fingerprint density at radius 3 is 2.55 bits per heavy atom. The van der Waals surface area contributed by atoms with E-state index in [4.69, 9.17) is 5.73 Å². The van der Waals surface area contributed by atoms with Crippen molar-refractivity contribution in [3.05, 3.63) is 64.5 Å². The standard InChI is InChI=1S/C21H23N5O2S/c1-12-8-9-13(2)17(10-12)26-15(4)24-25-21(26)29-11-18(27)23-16-7-5-6-14(3)19(16)20(22)28/h5-10H,11H2,1-4H3,(H2,22,28)(H,23,27). The van der Waals surface area contributed by atoms with Crippen LogP contribution in [0.1, 0.15) is 32.9 Å². The highest BCUT2D eigenvalue weighted by Crippen LogP contribution is 2.25. The van der Waals surface area contributed by atoms with Crippen molar-refractivity contribution in [2.24, 2.45) is 5.73 Å². The minimum atomic E-state index is -0.573. The van der Waals surface area contributed by atoms with Gasteiger partial charge in [0.25, 0.3) is 5.91 Å². The number of carbonyl (C=O) groups is 2. The number of anilines is 1. The predicted molar refractivity (Wildman–Crippen MR) is 115 cm³/mol. The Labute approximate surface area is 173 Å². The molecule has 2 amide bonds.